The molecule has 1 aromatic heterocycles. The van der Waals surface area contributed by atoms with Crippen LogP contribution in [0, 0.1) is 0 Å². The summed E-state index contributed by atoms with van der Waals surface area (Å²) in [5, 5.41) is 14.7. The van der Waals surface area contributed by atoms with Crippen LogP contribution in [-0.2, 0) is 4.79 Å². The highest BCUT2D eigenvalue weighted by molar-refractivity contribution is 9.10. The van der Waals surface area contributed by atoms with Crippen LogP contribution in [0.25, 0.3) is 0 Å². The van der Waals surface area contributed by atoms with Crippen molar-refractivity contribution in [2.45, 2.75) is 16.5 Å². The van der Waals surface area contributed by atoms with Gasteiger partial charge in [0, 0.05) is 21.9 Å². The zero-order valence-electron chi connectivity index (χ0n) is 14.6. The first-order chi connectivity index (χ1) is 13.6. The standard InChI is InChI=1S/C18H15BrN4O3S2/c1-10(16(24)20-13-5-6-14-15(8-13)26-9-25-14)27-18-23-22-17(28-18)21-12-4-2-3-11(19)7-12/h2-8,10H,9H2,1H3,(H,20,24)(H,21,22). The van der Waals surface area contributed by atoms with E-state index in [4.69, 9.17) is 9.47 Å². The van der Waals surface area contributed by atoms with Crippen molar-refractivity contribution in [2.75, 3.05) is 17.4 Å². The number of ether oxygens (including phenoxy) is 2. The van der Waals surface area contributed by atoms with E-state index in [2.05, 4.69) is 36.8 Å². The van der Waals surface area contributed by atoms with Crippen molar-refractivity contribution in [3.05, 3.63) is 46.9 Å². The number of aromatic nitrogens is 2. The highest BCUT2D eigenvalue weighted by Gasteiger charge is 2.19. The van der Waals surface area contributed by atoms with Crippen molar-refractivity contribution in [1.82, 2.24) is 10.2 Å². The lowest BCUT2D eigenvalue weighted by molar-refractivity contribution is -0.115. The van der Waals surface area contributed by atoms with Gasteiger partial charge in [-0.2, -0.15) is 0 Å². The van der Waals surface area contributed by atoms with E-state index in [-0.39, 0.29) is 18.0 Å². The van der Waals surface area contributed by atoms with Gasteiger partial charge in [-0.3, -0.25) is 4.79 Å². The number of carbonyl (C=O) groups is 1. The number of benzene rings is 2. The molecule has 2 aromatic carbocycles. The molecule has 144 valence electrons. The van der Waals surface area contributed by atoms with Crippen LogP contribution >= 0.6 is 39.0 Å². The normalized spacial score (nSPS) is 13.2. The summed E-state index contributed by atoms with van der Waals surface area (Å²) in [7, 11) is 0. The van der Waals surface area contributed by atoms with Crippen LogP contribution < -0.4 is 20.1 Å². The molecule has 1 unspecified atom stereocenters. The number of nitrogens with zero attached hydrogens (tertiary/aromatic N) is 2. The van der Waals surface area contributed by atoms with Gasteiger partial charge >= 0.3 is 0 Å². The maximum atomic E-state index is 12.5. The molecule has 2 heterocycles. The summed E-state index contributed by atoms with van der Waals surface area (Å²) in [6, 6.07) is 13.1. The van der Waals surface area contributed by atoms with Crippen molar-refractivity contribution in [1.29, 1.82) is 0 Å². The summed E-state index contributed by atoms with van der Waals surface area (Å²) in [6.45, 7) is 2.03. The summed E-state index contributed by atoms with van der Waals surface area (Å²) < 4.78 is 12.3. The molecule has 2 N–H and O–H groups in total. The van der Waals surface area contributed by atoms with E-state index in [9.17, 15) is 4.79 Å². The fourth-order valence-electron chi connectivity index (χ4n) is 2.42. The monoisotopic (exact) mass is 478 g/mol. The third kappa shape index (κ3) is 4.57. The van der Waals surface area contributed by atoms with Gasteiger partial charge in [-0.05, 0) is 37.3 Å². The minimum absolute atomic E-state index is 0.124. The molecule has 3 aromatic rings. The van der Waals surface area contributed by atoms with E-state index in [0.717, 1.165) is 10.2 Å². The van der Waals surface area contributed by atoms with Crippen LogP contribution in [0.2, 0.25) is 0 Å². The number of amides is 1. The fraction of sp³-hybridized carbons (Fsp3) is 0.167. The van der Waals surface area contributed by atoms with E-state index >= 15 is 0 Å². The van der Waals surface area contributed by atoms with Crippen molar-refractivity contribution < 1.29 is 14.3 Å². The Morgan fingerprint density at radius 3 is 2.89 bits per heavy atom. The lowest BCUT2D eigenvalue weighted by atomic mass is 10.2. The Morgan fingerprint density at radius 2 is 2.04 bits per heavy atom. The van der Waals surface area contributed by atoms with Gasteiger partial charge in [0.2, 0.25) is 17.8 Å². The van der Waals surface area contributed by atoms with Crippen LogP contribution in [0.5, 0.6) is 11.5 Å². The Kier molecular flexibility index (Phi) is 5.69. The molecule has 1 aliphatic rings. The molecule has 0 fully saturated rings. The first kappa shape index (κ1) is 19.0. The lowest BCUT2D eigenvalue weighted by Crippen LogP contribution is -2.22. The number of carbonyl (C=O) groups excluding carboxylic acids is 1. The molecule has 0 radical (unpaired) electrons. The SMILES string of the molecule is CC(Sc1nnc(Nc2cccc(Br)c2)s1)C(=O)Nc1ccc2c(c1)OCO2. The van der Waals surface area contributed by atoms with Gasteiger partial charge in [-0.25, -0.2) is 0 Å². The molecule has 10 heteroatoms. The van der Waals surface area contributed by atoms with Crippen LogP contribution in [-0.4, -0.2) is 28.1 Å². The molecule has 28 heavy (non-hydrogen) atoms. The quantitative estimate of drug-likeness (QED) is 0.487. The topological polar surface area (TPSA) is 85.4 Å². The number of fused-ring (bicyclic) bond motifs is 1. The van der Waals surface area contributed by atoms with Crippen molar-refractivity contribution in [3.8, 4) is 11.5 Å². The molecule has 4 rings (SSSR count). The molecule has 0 saturated heterocycles. The number of hydrogen-bond donors (Lipinski definition) is 2. The molecule has 1 aliphatic heterocycles. The molecule has 0 bridgehead atoms. The van der Waals surface area contributed by atoms with Crippen LogP contribution in [0.15, 0.2) is 51.3 Å². The average Bonchev–Trinajstić information content (AvgIpc) is 3.30. The summed E-state index contributed by atoms with van der Waals surface area (Å²) in [4.78, 5) is 12.5. The second-order valence-electron chi connectivity index (χ2n) is 5.83. The van der Waals surface area contributed by atoms with Crippen molar-refractivity contribution in [2.24, 2.45) is 0 Å². The summed E-state index contributed by atoms with van der Waals surface area (Å²) in [5.74, 6) is 1.19. The number of anilines is 3. The molecular formula is C18H15BrN4O3S2. The van der Waals surface area contributed by atoms with Crippen LogP contribution in [0.1, 0.15) is 6.92 Å². The van der Waals surface area contributed by atoms with Gasteiger partial charge in [0.15, 0.2) is 15.8 Å². The number of nitrogens with one attached hydrogen (secondary N) is 2. The molecule has 1 amide bonds. The summed E-state index contributed by atoms with van der Waals surface area (Å²) in [5.41, 5.74) is 1.58. The van der Waals surface area contributed by atoms with Gasteiger partial charge in [0.25, 0.3) is 0 Å². The Hall–Kier alpha value is -2.30. The largest absolute Gasteiger partial charge is 0.454 e. The lowest BCUT2D eigenvalue weighted by Gasteiger charge is -2.10. The molecule has 7 nitrogen and oxygen atoms in total. The third-order valence-electron chi connectivity index (χ3n) is 3.77. The number of rotatable bonds is 6. The zero-order chi connectivity index (χ0) is 19.5. The molecule has 0 aliphatic carbocycles. The number of thioether (sulfide) groups is 1. The summed E-state index contributed by atoms with van der Waals surface area (Å²) >= 11 is 6.20. The van der Waals surface area contributed by atoms with Gasteiger partial charge in [0.05, 0.1) is 5.25 Å². The number of hydrogen-bond acceptors (Lipinski definition) is 8. The van der Waals surface area contributed by atoms with E-state index < -0.39 is 0 Å². The fourth-order valence-corrected chi connectivity index (χ4v) is 4.74. The molecular weight excluding hydrogens is 464 g/mol. The zero-order valence-corrected chi connectivity index (χ0v) is 17.9. The maximum absolute atomic E-state index is 12.5. The first-order valence-corrected chi connectivity index (χ1v) is 10.8. The molecule has 0 saturated carbocycles. The predicted octanol–water partition coefficient (Wildman–Crippen LogP) is 4.89. The molecule has 1 atom stereocenters. The van der Waals surface area contributed by atoms with Crippen molar-refractivity contribution in [3.63, 3.8) is 0 Å². The van der Waals surface area contributed by atoms with Crippen LogP contribution in [0.3, 0.4) is 0 Å². The van der Waals surface area contributed by atoms with Gasteiger partial charge < -0.3 is 20.1 Å². The summed E-state index contributed by atoms with van der Waals surface area (Å²) in [6.07, 6.45) is 0. The van der Waals surface area contributed by atoms with E-state index in [1.54, 1.807) is 18.2 Å². The Bertz CT molecular complexity index is 1010. The van der Waals surface area contributed by atoms with Gasteiger partial charge in [0.1, 0.15) is 0 Å². The third-order valence-corrected chi connectivity index (χ3v) is 6.29. The maximum Gasteiger partial charge on any atom is 0.237 e. The minimum atomic E-state index is -0.336. The Balaban J connectivity index is 1.35. The highest BCUT2D eigenvalue weighted by Crippen LogP contribution is 2.35. The molecule has 0 spiro atoms. The van der Waals surface area contributed by atoms with Gasteiger partial charge in [-0.1, -0.05) is 45.1 Å². The second kappa shape index (κ2) is 8.38. The Morgan fingerprint density at radius 1 is 1.18 bits per heavy atom. The second-order valence-corrected chi connectivity index (χ2v) is 9.31. The van der Waals surface area contributed by atoms with Gasteiger partial charge in [-0.15, -0.1) is 10.2 Å². The predicted molar refractivity (Wildman–Crippen MR) is 114 cm³/mol. The highest BCUT2D eigenvalue weighted by atomic mass is 79.9. The number of halogens is 1. The van der Waals surface area contributed by atoms with Crippen molar-refractivity contribution >= 4 is 61.4 Å². The smallest absolute Gasteiger partial charge is 0.237 e. The minimum Gasteiger partial charge on any atom is -0.454 e. The van der Waals surface area contributed by atoms with Crippen LogP contribution in [0.4, 0.5) is 16.5 Å². The van der Waals surface area contributed by atoms with E-state index in [1.807, 2.05) is 31.2 Å². The van der Waals surface area contributed by atoms with E-state index in [0.29, 0.717) is 26.7 Å². The Labute approximate surface area is 178 Å². The van der Waals surface area contributed by atoms with E-state index in [1.165, 1.54) is 23.1 Å². The average molecular weight is 479 g/mol. The first-order valence-electron chi connectivity index (χ1n) is 8.30.